The topological polar surface area (TPSA) is 84.7 Å². The molecule has 25 heavy (non-hydrogen) atoms. The van der Waals surface area contributed by atoms with Crippen LogP contribution in [0.3, 0.4) is 0 Å². The first kappa shape index (κ1) is 14.9. The Balaban J connectivity index is 1.64. The standard InChI is InChI=1S/C18H13N5O2/c1-12-16(17-20-6-4-8-23(17)21-12)18(24)25-11-13-10-22-7-3-2-5-15(22)14(13)9-19/h2-8,10H,11H2,1H3. The summed E-state index contributed by atoms with van der Waals surface area (Å²) in [6.07, 6.45) is 6.96. The molecule has 0 radical (unpaired) electrons. The number of fused-ring (bicyclic) bond motifs is 2. The maximum absolute atomic E-state index is 12.5. The highest BCUT2D eigenvalue weighted by atomic mass is 16.5. The molecular weight excluding hydrogens is 318 g/mol. The van der Waals surface area contributed by atoms with Crippen LogP contribution in [0, 0.1) is 18.3 Å². The highest BCUT2D eigenvalue weighted by Crippen LogP contribution is 2.20. The number of esters is 1. The monoisotopic (exact) mass is 331 g/mol. The Hall–Kier alpha value is -3.66. The average molecular weight is 331 g/mol. The molecule has 0 aliphatic rings. The fraction of sp³-hybridized carbons (Fsp3) is 0.111. The number of hydrogen-bond donors (Lipinski definition) is 0. The van der Waals surface area contributed by atoms with Gasteiger partial charge in [-0.15, -0.1) is 0 Å². The Labute approximate surface area is 142 Å². The number of carbonyl (C=O) groups is 1. The second kappa shape index (κ2) is 5.76. The van der Waals surface area contributed by atoms with Crippen molar-refractivity contribution in [3.63, 3.8) is 0 Å². The molecule has 4 heterocycles. The molecule has 4 rings (SSSR count). The third-order valence-corrected chi connectivity index (χ3v) is 4.01. The van der Waals surface area contributed by atoms with Crippen LogP contribution in [-0.2, 0) is 11.3 Å². The molecule has 0 aliphatic heterocycles. The SMILES string of the molecule is Cc1nn2cccnc2c1C(=O)OCc1cn2ccccc2c1C#N. The summed E-state index contributed by atoms with van der Waals surface area (Å²) in [5, 5.41) is 13.7. The summed E-state index contributed by atoms with van der Waals surface area (Å²) in [6, 6.07) is 9.50. The predicted molar refractivity (Wildman–Crippen MR) is 89.0 cm³/mol. The lowest BCUT2D eigenvalue weighted by Gasteiger charge is -2.03. The van der Waals surface area contributed by atoms with E-state index in [1.807, 2.05) is 28.8 Å². The minimum Gasteiger partial charge on any atom is -0.457 e. The van der Waals surface area contributed by atoms with E-state index >= 15 is 0 Å². The Morgan fingerprint density at radius 1 is 1.32 bits per heavy atom. The maximum atomic E-state index is 12.5. The molecule has 122 valence electrons. The molecular formula is C18H13N5O2. The quantitative estimate of drug-likeness (QED) is 0.539. The molecule has 4 aromatic rings. The van der Waals surface area contributed by atoms with Crippen LogP contribution in [0.4, 0.5) is 0 Å². The molecule has 4 aromatic heterocycles. The molecule has 0 amide bonds. The number of ether oxygens (including phenoxy) is 1. The van der Waals surface area contributed by atoms with Crippen molar-refractivity contribution in [1.29, 1.82) is 5.26 Å². The highest BCUT2D eigenvalue weighted by molar-refractivity contribution is 5.97. The fourth-order valence-corrected chi connectivity index (χ4v) is 2.87. The van der Waals surface area contributed by atoms with Gasteiger partial charge in [0.05, 0.1) is 16.8 Å². The number of aromatic nitrogens is 4. The largest absolute Gasteiger partial charge is 0.457 e. The Bertz CT molecular complexity index is 1150. The molecule has 7 nitrogen and oxygen atoms in total. The van der Waals surface area contributed by atoms with Gasteiger partial charge in [-0.05, 0) is 25.1 Å². The second-order valence-corrected chi connectivity index (χ2v) is 5.56. The zero-order valence-electron chi connectivity index (χ0n) is 13.4. The van der Waals surface area contributed by atoms with E-state index < -0.39 is 5.97 Å². The van der Waals surface area contributed by atoms with E-state index in [9.17, 15) is 10.1 Å². The van der Waals surface area contributed by atoms with Gasteiger partial charge >= 0.3 is 5.97 Å². The lowest BCUT2D eigenvalue weighted by atomic mass is 10.2. The first-order chi connectivity index (χ1) is 12.2. The summed E-state index contributed by atoms with van der Waals surface area (Å²) in [5.74, 6) is -0.509. The van der Waals surface area contributed by atoms with Gasteiger partial charge in [-0.25, -0.2) is 14.3 Å². The van der Waals surface area contributed by atoms with Crippen molar-refractivity contribution in [1.82, 2.24) is 19.0 Å². The van der Waals surface area contributed by atoms with Gasteiger partial charge in [-0.1, -0.05) is 6.07 Å². The molecule has 0 spiro atoms. The zero-order valence-corrected chi connectivity index (χ0v) is 13.4. The van der Waals surface area contributed by atoms with Crippen LogP contribution in [0.15, 0.2) is 49.1 Å². The van der Waals surface area contributed by atoms with E-state index in [2.05, 4.69) is 16.2 Å². The van der Waals surface area contributed by atoms with Gasteiger partial charge in [0.1, 0.15) is 18.2 Å². The Morgan fingerprint density at radius 2 is 2.20 bits per heavy atom. The van der Waals surface area contributed by atoms with Gasteiger partial charge in [-0.3, -0.25) is 0 Å². The first-order valence-corrected chi connectivity index (χ1v) is 7.65. The summed E-state index contributed by atoms with van der Waals surface area (Å²) in [7, 11) is 0. The number of rotatable bonds is 3. The Kier molecular flexibility index (Phi) is 3.43. The van der Waals surface area contributed by atoms with Crippen molar-refractivity contribution in [3.05, 3.63) is 71.4 Å². The van der Waals surface area contributed by atoms with Crippen LogP contribution in [0.1, 0.15) is 27.2 Å². The fourth-order valence-electron chi connectivity index (χ4n) is 2.87. The van der Waals surface area contributed by atoms with Gasteiger partial charge in [0.25, 0.3) is 0 Å². The van der Waals surface area contributed by atoms with Crippen LogP contribution < -0.4 is 0 Å². The first-order valence-electron chi connectivity index (χ1n) is 7.65. The number of nitriles is 1. The average Bonchev–Trinajstić information content (AvgIpc) is 3.15. The third-order valence-electron chi connectivity index (χ3n) is 4.01. The normalized spacial score (nSPS) is 10.9. The molecule has 0 atom stereocenters. The van der Waals surface area contributed by atoms with Crippen molar-refractivity contribution in [2.24, 2.45) is 0 Å². The summed E-state index contributed by atoms with van der Waals surface area (Å²) in [4.78, 5) is 16.7. The van der Waals surface area contributed by atoms with Gasteiger partial charge < -0.3 is 9.14 Å². The molecule has 0 saturated heterocycles. The van der Waals surface area contributed by atoms with Crippen LogP contribution in [0.25, 0.3) is 11.2 Å². The lowest BCUT2D eigenvalue weighted by molar-refractivity contribution is 0.0474. The van der Waals surface area contributed by atoms with Crippen LogP contribution in [0.2, 0.25) is 0 Å². The summed E-state index contributed by atoms with van der Waals surface area (Å²) < 4.78 is 8.81. The molecule has 0 aromatic carbocycles. The van der Waals surface area contributed by atoms with Gasteiger partial charge in [-0.2, -0.15) is 10.4 Å². The smallest absolute Gasteiger partial charge is 0.344 e. The summed E-state index contributed by atoms with van der Waals surface area (Å²) >= 11 is 0. The molecule has 0 bridgehead atoms. The molecule has 0 saturated carbocycles. The van der Waals surface area contributed by atoms with E-state index in [0.29, 0.717) is 28.0 Å². The van der Waals surface area contributed by atoms with E-state index in [0.717, 1.165) is 5.52 Å². The second-order valence-electron chi connectivity index (χ2n) is 5.56. The van der Waals surface area contributed by atoms with Crippen molar-refractivity contribution < 1.29 is 9.53 Å². The third kappa shape index (κ3) is 2.40. The minimum atomic E-state index is -0.509. The van der Waals surface area contributed by atoms with E-state index in [4.69, 9.17) is 4.74 Å². The summed E-state index contributed by atoms with van der Waals surface area (Å²) in [5.41, 5.74) is 3.28. The zero-order chi connectivity index (χ0) is 17.4. The predicted octanol–water partition coefficient (Wildman–Crippen LogP) is 2.52. The van der Waals surface area contributed by atoms with Crippen molar-refractivity contribution in [3.8, 4) is 6.07 Å². The maximum Gasteiger partial charge on any atom is 0.344 e. The number of aryl methyl sites for hydroxylation is 1. The van der Waals surface area contributed by atoms with Crippen LogP contribution in [-0.4, -0.2) is 25.0 Å². The molecule has 7 heteroatoms. The van der Waals surface area contributed by atoms with E-state index in [1.165, 1.54) is 0 Å². The molecule has 0 aliphatic carbocycles. The number of hydrogen-bond acceptors (Lipinski definition) is 5. The Morgan fingerprint density at radius 3 is 3.04 bits per heavy atom. The van der Waals surface area contributed by atoms with E-state index in [-0.39, 0.29) is 6.61 Å². The van der Waals surface area contributed by atoms with Crippen LogP contribution >= 0.6 is 0 Å². The minimum absolute atomic E-state index is 0.00696. The number of carbonyl (C=O) groups excluding carboxylic acids is 1. The molecule has 0 fully saturated rings. The summed E-state index contributed by atoms with van der Waals surface area (Å²) in [6.45, 7) is 1.74. The van der Waals surface area contributed by atoms with Crippen molar-refractivity contribution in [2.75, 3.05) is 0 Å². The van der Waals surface area contributed by atoms with Crippen LogP contribution in [0.5, 0.6) is 0 Å². The van der Waals surface area contributed by atoms with Gasteiger partial charge in [0.2, 0.25) is 0 Å². The van der Waals surface area contributed by atoms with Crippen molar-refractivity contribution >= 4 is 17.1 Å². The van der Waals surface area contributed by atoms with Gasteiger partial charge in [0.15, 0.2) is 5.65 Å². The van der Waals surface area contributed by atoms with Gasteiger partial charge in [0, 0.05) is 30.4 Å². The van der Waals surface area contributed by atoms with E-state index in [1.54, 1.807) is 36.1 Å². The highest BCUT2D eigenvalue weighted by Gasteiger charge is 2.20. The molecule has 0 N–H and O–H groups in total. The van der Waals surface area contributed by atoms with Crippen molar-refractivity contribution in [2.45, 2.75) is 13.5 Å². The molecule has 0 unspecified atom stereocenters. The lowest BCUT2D eigenvalue weighted by Crippen LogP contribution is -2.07. The number of nitrogens with zero attached hydrogens (tertiary/aromatic N) is 5. The number of pyridine rings is 1.